The van der Waals surface area contributed by atoms with Gasteiger partial charge in [0, 0.05) is 29.2 Å². The van der Waals surface area contributed by atoms with Crippen LogP contribution in [-0.2, 0) is 0 Å². The standard InChI is InChI=1S/C15H18N4O/c1-10-7-11(5-6-18-10)13-4-3-12(8-15(13)20-2)14(16)9-19-17/h3-9,19H,16-17H2,1-2H3/b14-9-. The first-order valence-electron chi connectivity index (χ1n) is 6.19. The van der Waals surface area contributed by atoms with E-state index in [1.54, 1.807) is 13.3 Å². The van der Waals surface area contributed by atoms with Crippen LogP contribution in [0.25, 0.3) is 16.8 Å². The van der Waals surface area contributed by atoms with Crippen molar-refractivity contribution >= 4 is 5.70 Å². The van der Waals surface area contributed by atoms with Crippen LogP contribution < -0.4 is 21.7 Å². The van der Waals surface area contributed by atoms with Crippen molar-refractivity contribution in [1.82, 2.24) is 10.4 Å². The van der Waals surface area contributed by atoms with Gasteiger partial charge in [0.25, 0.3) is 0 Å². The maximum absolute atomic E-state index is 5.90. The van der Waals surface area contributed by atoms with Crippen LogP contribution in [0.5, 0.6) is 5.75 Å². The smallest absolute Gasteiger partial charge is 0.127 e. The highest BCUT2D eigenvalue weighted by Crippen LogP contribution is 2.31. The van der Waals surface area contributed by atoms with E-state index in [1.807, 2.05) is 37.3 Å². The van der Waals surface area contributed by atoms with E-state index in [0.717, 1.165) is 28.1 Å². The van der Waals surface area contributed by atoms with Crippen molar-refractivity contribution < 1.29 is 4.74 Å². The Hall–Kier alpha value is -2.53. The highest BCUT2D eigenvalue weighted by molar-refractivity contribution is 5.75. The van der Waals surface area contributed by atoms with Crippen LogP contribution in [0.2, 0.25) is 0 Å². The minimum absolute atomic E-state index is 0.545. The molecule has 0 saturated carbocycles. The molecule has 0 aliphatic carbocycles. The Morgan fingerprint density at radius 1 is 1.30 bits per heavy atom. The summed E-state index contributed by atoms with van der Waals surface area (Å²) in [7, 11) is 1.64. The van der Waals surface area contributed by atoms with Gasteiger partial charge in [-0.25, -0.2) is 0 Å². The molecule has 0 spiro atoms. The van der Waals surface area contributed by atoms with Crippen molar-refractivity contribution in [1.29, 1.82) is 0 Å². The molecule has 0 amide bonds. The summed E-state index contributed by atoms with van der Waals surface area (Å²) >= 11 is 0. The Morgan fingerprint density at radius 3 is 2.75 bits per heavy atom. The molecular weight excluding hydrogens is 252 g/mol. The Balaban J connectivity index is 2.48. The molecule has 1 heterocycles. The molecule has 0 bridgehead atoms. The quantitative estimate of drug-likeness (QED) is 0.582. The summed E-state index contributed by atoms with van der Waals surface area (Å²) in [4.78, 5) is 4.20. The van der Waals surface area contributed by atoms with Gasteiger partial charge in [-0.05, 0) is 36.8 Å². The number of hydrazine groups is 1. The van der Waals surface area contributed by atoms with Crippen LogP contribution in [0.15, 0.2) is 42.7 Å². The summed E-state index contributed by atoms with van der Waals surface area (Å²) in [6.07, 6.45) is 3.32. The summed E-state index contributed by atoms with van der Waals surface area (Å²) in [5.74, 6) is 5.98. The topological polar surface area (TPSA) is 86.2 Å². The van der Waals surface area contributed by atoms with Gasteiger partial charge in [0.1, 0.15) is 5.75 Å². The van der Waals surface area contributed by atoms with Crippen LogP contribution in [0, 0.1) is 6.92 Å². The maximum atomic E-state index is 5.90. The molecule has 2 rings (SSSR count). The van der Waals surface area contributed by atoms with Crippen molar-refractivity contribution in [3.8, 4) is 16.9 Å². The van der Waals surface area contributed by atoms with Gasteiger partial charge in [-0.2, -0.15) is 0 Å². The highest BCUT2D eigenvalue weighted by atomic mass is 16.5. The van der Waals surface area contributed by atoms with E-state index < -0.39 is 0 Å². The van der Waals surface area contributed by atoms with Crippen molar-refractivity contribution in [2.24, 2.45) is 11.6 Å². The molecule has 5 nitrogen and oxygen atoms in total. The molecule has 0 fully saturated rings. The third-order valence-corrected chi connectivity index (χ3v) is 2.98. The molecule has 0 unspecified atom stereocenters. The summed E-state index contributed by atoms with van der Waals surface area (Å²) in [6.45, 7) is 1.96. The number of aryl methyl sites for hydroxylation is 1. The third-order valence-electron chi connectivity index (χ3n) is 2.98. The normalized spacial score (nSPS) is 11.2. The lowest BCUT2D eigenvalue weighted by molar-refractivity contribution is 0.416. The lowest BCUT2D eigenvalue weighted by Crippen LogP contribution is -2.16. The van der Waals surface area contributed by atoms with Crippen LogP contribution in [0.3, 0.4) is 0 Å². The molecular formula is C15H18N4O. The maximum Gasteiger partial charge on any atom is 0.127 e. The number of hydrogen-bond acceptors (Lipinski definition) is 5. The predicted molar refractivity (Wildman–Crippen MR) is 80.4 cm³/mol. The van der Waals surface area contributed by atoms with Gasteiger partial charge in [-0.3, -0.25) is 10.8 Å². The van der Waals surface area contributed by atoms with E-state index in [1.165, 1.54) is 6.20 Å². The summed E-state index contributed by atoms with van der Waals surface area (Å²) in [5.41, 5.74) is 12.7. The number of methoxy groups -OCH3 is 1. The summed E-state index contributed by atoms with van der Waals surface area (Å²) < 4.78 is 5.45. The molecule has 5 heteroatoms. The van der Waals surface area contributed by atoms with Gasteiger partial charge in [0.05, 0.1) is 12.8 Å². The van der Waals surface area contributed by atoms with Crippen LogP contribution in [0.4, 0.5) is 0 Å². The fraction of sp³-hybridized carbons (Fsp3) is 0.133. The average molecular weight is 270 g/mol. The Bertz CT molecular complexity index is 638. The van der Waals surface area contributed by atoms with E-state index in [0.29, 0.717) is 5.70 Å². The number of hydrogen-bond donors (Lipinski definition) is 3. The minimum atomic E-state index is 0.545. The summed E-state index contributed by atoms with van der Waals surface area (Å²) in [6, 6.07) is 9.74. The second-order valence-corrected chi connectivity index (χ2v) is 4.37. The van der Waals surface area contributed by atoms with Crippen LogP contribution in [-0.4, -0.2) is 12.1 Å². The van der Waals surface area contributed by atoms with E-state index >= 15 is 0 Å². The summed E-state index contributed by atoms with van der Waals surface area (Å²) in [5, 5.41) is 0. The van der Waals surface area contributed by atoms with Gasteiger partial charge in [0.15, 0.2) is 0 Å². The largest absolute Gasteiger partial charge is 0.496 e. The van der Waals surface area contributed by atoms with Crippen molar-refractivity contribution in [3.63, 3.8) is 0 Å². The van der Waals surface area contributed by atoms with E-state index in [9.17, 15) is 0 Å². The number of nitrogens with one attached hydrogen (secondary N) is 1. The zero-order chi connectivity index (χ0) is 14.5. The van der Waals surface area contributed by atoms with Gasteiger partial charge in [0.2, 0.25) is 0 Å². The number of aromatic nitrogens is 1. The molecule has 0 atom stereocenters. The van der Waals surface area contributed by atoms with Crippen LogP contribution in [0.1, 0.15) is 11.3 Å². The number of pyridine rings is 1. The monoisotopic (exact) mass is 270 g/mol. The highest BCUT2D eigenvalue weighted by Gasteiger charge is 2.08. The Kier molecular flexibility index (Phi) is 4.22. The number of nitrogens with zero attached hydrogens (tertiary/aromatic N) is 1. The lowest BCUT2D eigenvalue weighted by atomic mass is 10.0. The molecule has 5 N–H and O–H groups in total. The van der Waals surface area contributed by atoms with Gasteiger partial charge >= 0.3 is 0 Å². The second kappa shape index (κ2) is 6.08. The zero-order valence-corrected chi connectivity index (χ0v) is 11.6. The van der Waals surface area contributed by atoms with Gasteiger partial charge < -0.3 is 15.9 Å². The second-order valence-electron chi connectivity index (χ2n) is 4.37. The number of benzene rings is 1. The fourth-order valence-corrected chi connectivity index (χ4v) is 2.00. The number of rotatable bonds is 4. The lowest BCUT2D eigenvalue weighted by Gasteiger charge is -2.11. The SMILES string of the molecule is COc1cc(/C(N)=C/NN)ccc1-c1ccnc(C)c1. The average Bonchev–Trinajstić information content (AvgIpc) is 2.46. The fourth-order valence-electron chi connectivity index (χ4n) is 2.00. The van der Waals surface area contributed by atoms with Crippen molar-refractivity contribution in [2.75, 3.05) is 7.11 Å². The zero-order valence-electron chi connectivity index (χ0n) is 11.6. The van der Waals surface area contributed by atoms with Crippen molar-refractivity contribution in [3.05, 3.63) is 54.0 Å². The van der Waals surface area contributed by atoms with Gasteiger partial charge in [-0.1, -0.05) is 6.07 Å². The molecule has 1 aromatic heterocycles. The van der Waals surface area contributed by atoms with Crippen molar-refractivity contribution in [2.45, 2.75) is 6.92 Å². The molecule has 0 saturated heterocycles. The van der Waals surface area contributed by atoms with Crippen LogP contribution >= 0.6 is 0 Å². The molecule has 1 aromatic carbocycles. The first kappa shape index (κ1) is 13.9. The minimum Gasteiger partial charge on any atom is -0.496 e. The Labute approximate surface area is 118 Å². The molecule has 20 heavy (non-hydrogen) atoms. The first-order chi connectivity index (χ1) is 9.65. The molecule has 0 aliphatic rings. The predicted octanol–water partition coefficient (Wildman–Crippen LogP) is 1.79. The first-order valence-corrected chi connectivity index (χ1v) is 6.19. The Morgan fingerprint density at radius 2 is 2.10 bits per heavy atom. The van der Waals surface area contributed by atoms with E-state index in [-0.39, 0.29) is 0 Å². The third kappa shape index (κ3) is 2.89. The van der Waals surface area contributed by atoms with E-state index in [4.69, 9.17) is 16.3 Å². The van der Waals surface area contributed by atoms with E-state index in [2.05, 4.69) is 10.4 Å². The number of ether oxygens (including phenoxy) is 1. The number of nitrogens with two attached hydrogens (primary N) is 2. The van der Waals surface area contributed by atoms with Gasteiger partial charge in [-0.15, -0.1) is 0 Å². The molecule has 104 valence electrons. The molecule has 2 aromatic rings. The molecule has 0 aliphatic heterocycles. The molecule has 0 radical (unpaired) electrons.